The average Bonchev–Trinajstić information content (AvgIpc) is 3.26. The number of hydrogen-bond donors (Lipinski definition) is 0. The Hall–Kier alpha value is -2.82. The summed E-state index contributed by atoms with van der Waals surface area (Å²) in [5.74, 6) is -0.464. The molecule has 1 aromatic heterocycles. The molecular weight excluding hydrogens is 530 g/mol. The van der Waals surface area contributed by atoms with Crippen LogP contribution in [-0.4, -0.2) is 43.0 Å². The number of para-hydroxylation sites is 1. The molecule has 7 nitrogen and oxygen atoms in total. The maximum atomic E-state index is 13.2. The maximum absolute atomic E-state index is 13.2. The normalized spacial score (nSPS) is 12.5. The van der Waals surface area contributed by atoms with Crippen LogP contribution in [0.15, 0.2) is 82.7 Å². The average molecular weight is 558 g/mol. The minimum absolute atomic E-state index is 0.127. The number of carbonyl (C=O) groups is 1. The first kappa shape index (κ1) is 27.2. The highest BCUT2D eigenvalue weighted by molar-refractivity contribution is 7.89. The quantitative estimate of drug-likeness (QED) is 0.246. The molecule has 0 atom stereocenters. The fourth-order valence-electron chi connectivity index (χ4n) is 3.90. The number of thiazole rings is 1. The SMILES string of the molecule is CCOCCn1c(=NC(=O)c2ccc(S(=O)(=O)N(CC)Cc3ccccc3)cc2)sc2cccc(Cl)c21. The fraction of sp³-hybridized carbons (Fsp3) is 0.259. The zero-order valence-corrected chi connectivity index (χ0v) is 23.0. The lowest BCUT2D eigenvalue weighted by Crippen LogP contribution is -2.30. The number of rotatable bonds is 10. The number of sulfonamides is 1. The van der Waals surface area contributed by atoms with E-state index in [-0.39, 0.29) is 11.4 Å². The standard InChI is InChI=1S/C27H28ClN3O4S2/c1-3-30(19-20-9-6-5-7-10-20)37(33,34)22-15-13-21(14-16-22)26(32)29-27-31(17-18-35-4-2)25-23(28)11-8-12-24(25)36-27/h5-16H,3-4,17-19H2,1-2H3. The van der Waals surface area contributed by atoms with Crippen LogP contribution in [0.1, 0.15) is 29.8 Å². The molecule has 0 radical (unpaired) electrons. The first-order chi connectivity index (χ1) is 17.8. The van der Waals surface area contributed by atoms with Crippen LogP contribution in [0.5, 0.6) is 0 Å². The second kappa shape index (κ2) is 12.1. The monoisotopic (exact) mass is 557 g/mol. The Morgan fingerprint density at radius 3 is 2.43 bits per heavy atom. The van der Waals surface area contributed by atoms with Crippen molar-refractivity contribution in [2.45, 2.75) is 31.8 Å². The summed E-state index contributed by atoms with van der Waals surface area (Å²) >= 11 is 7.82. The molecule has 0 N–H and O–H groups in total. The molecule has 0 aliphatic carbocycles. The van der Waals surface area contributed by atoms with E-state index in [2.05, 4.69) is 4.99 Å². The van der Waals surface area contributed by atoms with Crippen LogP contribution in [0.3, 0.4) is 0 Å². The van der Waals surface area contributed by atoms with Crippen LogP contribution >= 0.6 is 22.9 Å². The molecule has 4 aromatic rings. The Bertz CT molecular complexity index is 1550. The van der Waals surface area contributed by atoms with Crippen molar-refractivity contribution in [3.63, 3.8) is 0 Å². The van der Waals surface area contributed by atoms with E-state index >= 15 is 0 Å². The van der Waals surface area contributed by atoms with Gasteiger partial charge in [0.15, 0.2) is 4.80 Å². The number of carbonyl (C=O) groups excluding carboxylic acids is 1. The number of hydrogen-bond acceptors (Lipinski definition) is 5. The molecule has 1 heterocycles. The van der Waals surface area contributed by atoms with E-state index in [1.54, 1.807) is 13.0 Å². The van der Waals surface area contributed by atoms with Gasteiger partial charge in [-0.05, 0) is 48.9 Å². The third-order valence-corrected chi connectivity index (χ3v) is 9.09. The van der Waals surface area contributed by atoms with Crippen molar-refractivity contribution < 1.29 is 17.9 Å². The number of amides is 1. The van der Waals surface area contributed by atoms with Crippen molar-refractivity contribution in [3.8, 4) is 0 Å². The highest BCUT2D eigenvalue weighted by Crippen LogP contribution is 2.25. The molecule has 0 unspecified atom stereocenters. The van der Waals surface area contributed by atoms with Gasteiger partial charge in [0, 0.05) is 31.8 Å². The van der Waals surface area contributed by atoms with Crippen LogP contribution in [0.25, 0.3) is 10.2 Å². The molecule has 0 aliphatic rings. The van der Waals surface area contributed by atoms with Crippen LogP contribution in [0.2, 0.25) is 5.02 Å². The van der Waals surface area contributed by atoms with E-state index in [9.17, 15) is 13.2 Å². The number of nitrogens with zero attached hydrogens (tertiary/aromatic N) is 3. The molecule has 10 heteroatoms. The first-order valence-electron chi connectivity index (χ1n) is 11.9. The van der Waals surface area contributed by atoms with Crippen molar-refractivity contribution in [2.24, 2.45) is 4.99 Å². The highest BCUT2D eigenvalue weighted by atomic mass is 35.5. The summed E-state index contributed by atoms with van der Waals surface area (Å²) in [7, 11) is -3.73. The molecular formula is C27H28ClN3O4S2. The van der Waals surface area contributed by atoms with Crippen LogP contribution in [0, 0.1) is 0 Å². The number of ether oxygens (including phenoxy) is 1. The summed E-state index contributed by atoms with van der Waals surface area (Å²) < 4.78 is 36.2. The van der Waals surface area contributed by atoms with Crippen molar-refractivity contribution in [2.75, 3.05) is 19.8 Å². The Morgan fingerprint density at radius 2 is 1.76 bits per heavy atom. The smallest absolute Gasteiger partial charge is 0.279 e. The molecule has 0 spiro atoms. The van der Waals surface area contributed by atoms with Gasteiger partial charge in [0.25, 0.3) is 5.91 Å². The van der Waals surface area contributed by atoms with E-state index in [0.29, 0.717) is 41.7 Å². The topological polar surface area (TPSA) is 81.0 Å². The van der Waals surface area contributed by atoms with Gasteiger partial charge in [-0.1, -0.05) is 66.3 Å². The predicted molar refractivity (Wildman–Crippen MR) is 147 cm³/mol. The van der Waals surface area contributed by atoms with Crippen molar-refractivity contribution in [1.29, 1.82) is 0 Å². The molecule has 0 saturated carbocycles. The van der Waals surface area contributed by atoms with Crippen LogP contribution < -0.4 is 4.80 Å². The Kier molecular flexibility index (Phi) is 8.94. The van der Waals surface area contributed by atoms with Gasteiger partial charge in [0.2, 0.25) is 10.0 Å². The lowest BCUT2D eigenvalue weighted by atomic mass is 10.2. The minimum Gasteiger partial charge on any atom is -0.380 e. The number of benzene rings is 3. The van der Waals surface area contributed by atoms with Gasteiger partial charge in [-0.25, -0.2) is 8.42 Å². The second-order valence-corrected chi connectivity index (χ2v) is 11.5. The second-order valence-electron chi connectivity index (χ2n) is 8.18. The van der Waals surface area contributed by atoms with E-state index in [0.717, 1.165) is 15.8 Å². The number of halogens is 1. The van der Waals surface area contributed by atoms with Gasteiger partial charge in [-0.2, -0.15) is 9.30 Å². The lowest BCUT2D eigenvalue weighted by molar-refractivity contribution is 0.0996. The van der Waals surface area contributed by atoms with E-state index in [4.69, 9.17) is 16.3 Å². The van der Waals surface area contributed by atoms with Crippen LogP contribution in [0.4, 0.5) is 0 Å². The number of aromatic nitrogens is 1. The fourth-order valence-corrected chi connectivity index (χ4v) is 6.75. The van der Waals surface area contributed by atoms with Gasteiger partial charge >= 0.3 is 0 Å². The maximum Gasteiger partial charge on any atom is 0.279 e. The third-order valence-electron chi connectivity index (χ3n) is 5.81. The predicted octanol–water partition coefficient (Wildman–Crippen LogP) is 5.34. The molecule has 194 valence electrons. The van der Waals surface area contributed by atoms with Gasteiger partial charge in [0.1, 0.15) is 0 Å². The van der Waals surface area contributed by atoms with Crippen LogP contribution in [-0.2, 0) is 27.8 Å². The molecule has 0 saturated heterocycles. The van der Waals surface area contributed by atoms with E-state index in [1.165, 1.54) is 39.9 Å². The summed E-state index contributed by atoms with van der Waals surface area (Å²) in [6, 6.07) is 20.9. The van der Waals surface area contributed by atoms with E-state index in [1.807, 2.05) is 54.0 Å². The summed E-state index contributed by atoms with van der Waals surface area (Å²) in [5, 5.41) is 0.574. The van der Waals surface area contributed by atoms with Gasteiger partial charge < -0.3 is 9.30 Å². The van der Waals surface area contributed by atoms with Crippen molar-refractivity contribution in [1.82, 2.24) is 8.87 Å². The zero-order valence-electron chi connectivity index (χ0n) is 20.6. The highest BCUT2D eigenvalue weighted by Gasteiger charge is 2.23. The van der Waals surface area contributed by atoms with Gasteiger partial charge in [-0.3, -0.25) is 4.79 Å². The minimum atomic E-state index is -3.73. The van der Waals surface area contributed by atoms with Crippen molar-refractivity contribution >= 4 is 49.1 Å². The molecule has 0 fully saturated rings. The molecule has 37 heavy (non-hydrogen) atoms. The first-order valence-corrected chi connectivity index (χ1v) is 14.6. The zero-order chi connectivity index (χ0) is 26.4. The van der Waals surface area contributed by atoms with E-state index < -0.39 is 15.9 Å². The Morgan fingerprint density at radius 1 is 1.03 bits per heavy atom. The summed E-state index contributed by atoms with van der Waals surface area (Å²) in [5.41, 5.74) is 2.00. The Balaban J connectivity index is 1.62. The largest absolute Gasteiger partial charge is 0.380 e. The number of fused-ring (bicyclic) bond motifs is 1. The molecule has 3 aromatic carbocycles. The van der Waals surface area contributed by atoms with Gasteiger partial charge in [0.05, 0.1) is 26.7 Å². The molecule has 4 rings (SSSR count). The summed E-state index contributed by atoms with van der Waals surface area (Å²) in [6.07, 6.45) is 0. The summed E-state index contributed by atoms with van der Waals surface area (Å²) in [6.45, 7) is 5.85. The van der Waals surface area contributed by atoms with Gasteiger partial charge in [-0.15, -0.1) is 0 Å². The third kappa shape index (κ3) is 6.19. The molecule has 1 amide bonds. The molecule has 0 bridgehead atoms. The summed E-state index contributed by atoms with van der Waals surface area (Å²) in [4.78, 5) is 18.0. The van der Waals surface area contributed by atoms with Crippen molar-refractivity contribution in [3.05, 3.63) is 93.7 Å². The lowest BCUT2D eigenvalue weighted by Gasteiger charge is -2.20. The Labute approximate surface area is 225 Å². The molecule has 0 aliphatic heterocycles.